The van der Waals surface area contributed by atoms with Crippen LogP contribution in [0.4, 0.5) is 0 Å². The van der Waals surface area contributed by atoms with E-state index >= 15 is 0 Å². The number of carbonyl (C=O) groups excluding carboxylic acids is 1. The van der Waals surface area contributed by atoms with Gasteiger partial charge in [0.05, 0.1) is 25.3 Å². The standard InChI is InChI=1S/C19H22N2O3/c1-23-15-6-7-16(24-2)17-13(15)12-14(20-17)18(22)21-11-5-10-19(21)8-3-4-9-19/h3-4,6-7,12,20H,5,8-11H2,1-2H3. The predicted molar refractivity (Wildman–Crippen MR) is 92.8 cm³/mol. The molecule has 0 saturated carbocycles. The summed E-state index contributed by atoms with van der Waals surface area (Å²) in [7, 11) is 3.26. The minimum atomic E-state index is -0.0114. The van der Waals surface area contributed by atoms with Crippen molar-refractivity contribution in [2.45, 2.75) is 31.2 Å². The second kappa shape index (κ2) is 5.58. The summed E-state index contributed by atoms with van der Waals surface area (Å²) in [6.07, 6.45) is 8.47. The fourth-order valence-electron chi connectivity index (χ4n) is 4.15. The third-order valence-electron chi connectivity index (χ3n) is 5.39. The number of carbonyl (C=O) groups is 1. The molecule has 2 aliphatic rings. The van der Waals surface area contributed by atoms with Crippen LogP contribution in [0.3, 0.4) is 0 Å². The van der Waals surface area contributed by atoms with Crippen LogP contribution < -0.4 is 9.47 Å². The number of amides is 1. The third-order valence-corrected chi connectivity index (χ3v) is 5.39. The smallest absolute Gasteiger partial charge is 0.270 e. The van der Waals surface area contributed by atoms with E-state index in [1.165, 1.54) is 0 Å². The van der Waals surface area contributed by atoms with E-state index in [1.54, 1.807) is 14.2 Å². The van der Waals surface area contributed by atoms with E-state index in [9.17, 15) is 4.79 Å². The highest BCUT2D eigenvalue weighted by Crippen LogP contribution is 2.41. The average Bonchev–Trinajstić information content (AvgIpc) is 3.33. The van der Waals surface area contributed by atoms with Gasteiger partial charge in [0, 0.05) is 11.9 Å². The molecule has 24 heavy (non-hydrogen) atoms. The number of methoxy groups -OCH3 is 2. The van der Waals surface area contributed by atoms with Gasteiger partial charge in [0.15, 0.2) is 0 Å². The van der Waals surface area contributed by atoms with Crippen molar-refractivity contribution in [1.29, 1.82) is 0 Å². The Labute approximate surface area is 141 Å². The lowest BCUT2D eigenvalue weighted by molar-refractivity contribution is 0.0609. The molecule has 5 nitrogen and oxygen atoms in total. The van der Waals surface area contributed by atoms with Crippen LogP contribution in [0.5, 0.6) is 11.5 Å². The van der Waals surface area contributed by atoms with Crippen molar-refractivity contribution >= 4 is 16.8 Å². The quantitative estimate of drug-likeness (QED) is 0.878. The normalized spacial score (nSPS) is 18.7. The topological polar surface area (TPSA) is 54.6 Å². The van der Waals surface area contributed by atoms with Crippen LogP contribution in [-0.4, -0.2) is 42.1 Å². The Hall–Kier alpha value is -2.43. The van der Waals surface area contributed by atoms with Crippen LogP contribution in [0.1, 0.15) is 36.2 Å². The van der Waals surface area contributed by atoms with Crippen molar-refractivity contribution in [3.05, 3.63) is 36.0 Å². The molecule has 126 valence electrons. The predicted octanol–water partition coefficient (Wildman–Crippen LogP) is 3.51. The highest BCUT2D eigenvalue weighted by molar-refractivity contribution is 6.01. The molecule has 1 aromatic heterocycles. The summed E-state index contributed by atoms with van der Waals surface area (Å²) in [6, 6.07) is 5.60. The van der Waals surface area contributed by atoms with E-state index in [-0.39, 0.29) is 11.4 Å². The summed E-state index contributed by atoms with van der Waals surface area (Å²) in [5.41, 5.74) is 1.39. The van der Waals surface area contributed by atoms with Crippen molar-refractivity contribution in [2.24, 2.45) is 0 Å². The van der Waals surface area contributed by atoms with Gasteiger partial charge >= 0.3 is 0 Å². The van der Waals surface area contributed by atoms with Gasteiger partial charge in [0.25, 0.3) is 5.91 Å². The van der Waals surface area contributed by atoms with Gasteiger partial charge < -0.3 is 19.4 Å². The largest absolute Gasteiger partial charge is 0.496 e. The number of ether oxygens (including phenoxy) is 2. The van der Waals surface area contributed by atoms with Crippen molar-refractivity contribution in [3.8, 4) is 11.5 Å². The second-order valence-corrected chi connectivity index (χ2v) is 6.61. The molecule has 2 aromatic rings. The molecular weight excluding hydrogens is 304 g/mol. The van der Waals surface area contributed by atoms with Gasteiger partial charge in [0.1, 0.15) is 17.2 Å². The van der Waals surface area contributed by atoms with Crippen LogP contribution >= 0.6 is 0 Å². The Morgan fingerprint density at radius 2 is 1.88 bits per heavy atom. The maximum atomic E-state index is 13.2. The number of benzene rings is 1. The fourth-order valence-corrected chi connectivity index (χ4v) is 4.15. The summed E-state index contributed by atoms with van der Waals surface area (Å²) < 4.78 is 10.8. The van der Waals surface area contributed by atoms with E-state index in [2.05, 4.69) is 22.0 Å². The SMILES string of the molecule is COc1ccc(OC)c2[nH]c(C(=O)N3CCCC34CC=CC4)cc12. The first-order valence-electron chi connectivity index (χ1n) is 8.39. The molecule has 1 fully saturated rings. The second-order valence-electron chi connectivity index (χ2n) is 6.61. The van der Waals surface area contributed by atoms with Gasteiger partial charge in [-0.15, -0.1) is 0 Å². The maximum absolute atomic E-state index is 13.2. The minimum absolute atomic E-state index is 0.0114. The van der Waals surface area contributed by atoms with Gasteiger partial charge in [-0.2, -0.15) is 0 Å². The van der Waals surface area contributed by atoms with Gasteiger partial charge in [-0.1, -0.05) is 12.2 Å². The number of aromatic amines is 1. The lowest BCUT2D eigenvalue weighted by Gasteiger charge is -2.34. The van der Waals surface area contributed by atoms with Crippen LogP contribution in [0, 0.1) is 0 Å². The van der Waals surface area contributed by atoms with E-state index in [4.69, 9.17) is 9.47 Å². The molecule has 1 saturated heterocycles. The molecule has 1 amide bonds. The Morgan fingerprint density at radius 1 is 1.17 bits per heavy atom. The first kappa shape index (κ1) is 15.1. The highest BCUT2D eigenvalue weighted by Gasteiger charge is 2.44. The monoisotopic (exact) mass is 326 g/mol. The number of hydrogen-bond donors (Lipinski definition) is 1. The van der Waals surface area contributed by atoms with Crippen LogP contribution in [0.2, 0.25) is 0 Å². The Balaban J connectivity index is 1.75. The van der Waals surface area contributed by atoms with Gasteiger partial charge in [0.2, 0.25) is 0 Å². The molecule has 1 spiro atoms. The van der Waals surface area contributed by atoms with Crippen molar-refractivity contribution in [3.63, 3.8) is 0 Å². The fraction of sp³-hybridized carbons (Fsp3) is 0.421. The van der Waals surface area contributed by atoms with Crippen LogP contribution in [0.15, 0.2) is 30.4 Å². The molecule has 1 N–H and O–H groups in total. The number of rotatable bonds is 3. The number of nitrogens with one attached hydrogen (secondary N) is 1. The number of fused-ring (bicyclic) bond motifs is 1. The zero-order chi connectivity index (χ0) is 16.7. The summed E-state index contributed by atoms with van der Waals surface area (Å²) in [6.45, 7) is 0.824. The van der Waals surface area contributed by atoms with E-state index in [1.807, 2.05) is 18.2 Å². The first-order valence-corrected chi connectivity index (χ1v) is 8.39. The lowest BCUT2D eigenvalue weighted by atomic mass is 9.93. The Bertz CT molecular complexity index is 772. The van der Waals surface area contributed by atoms with Crippen molar-refractivity contribution in [2.75, 3.05) is 20.8 Å². The molecule has 0 atom stereocenters. The van der Waals surface area contributed by atoms with Gasteiger partial charge in [-0.3, -0.25) is 4.79 Å². The van der Waals surface area contributed by atoms with E-state index in [0.29, 0.717) is 11.4 Å². The molecule has 5 heteroatoms. The minimum Gasteiger partial charge on any atom is -0.496 e. The average molecular weight is 326 g/mol. The van der Waals surface area contributed by atoms with Crippen LogP contribution in [-0.2, 0) is 0 Å². The van der Waals surface area contributed by atoms with Crippen molar-refractivity contribution < 1.29 is 14.3 Å². The lowest BCUT2D eigenvalue weighted by Crippen LogP contribution is -2.45. The molecule has 2 heterocycles. The molecule has 0 bridgehead atoms. The number of nitrogens with zero attached hydrogens (tertiary/aromatic N) is 1. The summed E-state index contributed by atoms with van der Waals surface area (Å²) in [5, 5.41) is 0.873. The Morgan fingerprint density at radius 3 is 2.58 bits per heavy atom. The molecule has 1 aliphatic heterocycles. The summed E-state index contributed by atoms with van der Waals surface area (Å²) in [4.78, 5) is 18.5. The number of likely N-dealkylation sites (tertiary alicyclic amines) is 1. The molecule has 0 unspecified atom stereocenters. The number of hydrogen-bond acceptors (Lipinski definition) is 3. The molecular formula is C19H22N2O3. The Kier molecular flexibility index (Phi) is 3.52. The third kappa shape index (κ3) is 2.11. The molecule has 1 aliphatic carbocycles. The first-order chi connectivity index (χ1) is 11.7. The zero-order valence-electron chi connectivity index (χ0n) is 14.1. The highest BCUT2D eigenvalue weighted by atomic mass is 16.5. The zero-order valence-corrected chi connectivity index (χ0v) is 14.1. The maximum Gasteiger partial charge on any atom is 0.270 e. The van der Waals surface area contributed by atoms with Crippen molar-refractivity contribution in [1.82, 2.24) is 9.88 Å². The van der Waals surface area contributed by atoms with E-state index in [0.717, 1.165) is 48.9 Å². The van der Waals surface area contributed by atoms with Crippen LogP contribution in [0.25, 0.3) is 10.9 Å². The number of H-pyrrole nitrogens is 1. The number of aromatic nitrogens is 1. The summed E-state index contributed by atoms with van der Waals surface area (Å²) >= 11 is 0. The summed E-state index contributed by atoms with van der Waals surface area (Å²) in [5.74, 6) is 1.51. The molecule has 1 aromatic carbocycles. The van der Waals surface area contributed by atoms with E-state index < -0.39 is 0 Å². The molecule has 0 radical (unpaired) electrons. The van der Waals surface area contributed by atoms with Gasteiger partial charge in [-0.25, -0.2) is 0 Å². The molecule has 4 rings (SSSR count). The van der Waals surface area contributed by atoms with Gasteiger partial charge in [-0.05, 0) is 43.9 Å².